The molecule has 1 saturated heterocycles. The predicted octanol–water partition coefficient (Wildman–Crippen LogP) is 3.59. The van der Waals surface area contributed by atoms with Gasteiger partial charge in [-0.15, -0.1) is 0 Å². The molecule has 0 atom stereocenters. The fourth-order valence-electron chi connectivity index (χ4n) is 4.02. The van der Waals surface area contributed by atoms with Crippen LogP contribution in [0, 0.1) is 5.92 Å². The fraction of sp³-hybridized carbons (Fsp3) is 0.409. The van der Waals surface area contributed by atoms with Crippen molar-refractivity contribution in [3.05, 3.63) is 65.2 Å². The summed E-state index contributed by atoms with van der Waals surface area (Å²) in [7, 11) is -3.55. The normalized spacial score (nSPS) is 19.6. The van der Waals surface area contributed by atoms with Crippen LogP contribution in [0.5, 0.6) is 0 Å². The average molecular weight is 433 g/mol. The number of nitrogens with zero attached hydrogens (tertiary/aromatic N) is 1. The lowest BCUT2D eigenvalue weighted by atomic mass is 9.94. The van der Waals surface area contributed by atoms with Crippen LogP contribution in [0.15, 0.2) is 59.5 Å². The summed E-state index contributed by atoms with van der Waals surface area (Å²) < 4.78 is 27.0. The molecule has 2 aromatic carbocycles. The van der Waals surface area contributed by atoms with Crippen molar-refractivity contribution in [2.24, 2.45) is 5.92 Å². The zero-order chi connectivity index (χ0) is 20.5. The molecule has 1 heterocycles. The van der Waals surface area contributed by atoms with Gasteiger partial charge in [0.25, 0.3) is 0 Å². The van der Waals surface area contributed by atoms with Crippen molar-refractivity contribution in [3.8, 4) is 0 Å². The van der Waals surface area contributed by atoms with E-state index in [4.69, 9.17) is 11.6 Å². The largest absolute Gasteiger partial charge is 0.355 e. The number of carbonyl (C=O) groups excluding carboxylic acids is 1. The van der Waals surface area contributed by atoms with Crippen LogP contribution < -0.4 is 5.32 Å². The monoisotopic (exact) mass is 432 g/mol. The Balaban J connectivity index is 1.31. The second kappa shape index (κ2) is 8.09. The second-order valence-electron chi connectivity index (χ2n) is 8.00. The summed E-state index contributed by atoms with van der Waals surface area (Å²) in [5.74, 6) is -0.103. The first-order chi connectivity index (χ1) is 13.9. The lowest BCUT2D eigenvalue weighted by Crippen LogP contribution is -2.44. The lowest BCUT2D eigenvalue weighted by molar-refractivity contribution is -0.126. The van der Waals surface area contributed by atoms with Gasteiger partial charge in [-0.1, -0.05) is 41.9 Å². The Labute approximate surface area is 177 Å². The third-order valence-corrected chi connectivity index (χ3v) is 8.28. The highest BCUT2D eigenvalue weighted by Crippen LogP contribution is 2.47. The molecular formula is C22H25ClN2O3S. The van der Waals surface area contributed by atoms with Gasteiger partial charge in [0.05, 0.1) is 4.90 Å². The molecule has 0 aromatic heterocycles. The zero-order valence-electron chi connectivity index (χ0n) is 16.2. The molecular weight excluding hydrogens is 408 g/mol. The van der Waals surface area contributed by atoms with E-state index in [1.54, 1.807) is 12.1 Å². The van der Waals surface area contributed by atoms with Crippen LogP contribution in [0.4, 0.5) is 0 Å². The highest BCUT2D eigenvalue weighted by Gasteiger charge is 2.44. The Kier molecular flexibility index (Phi) is 5.69. The van der Waals surface area contributed by atoms with Crippen molar-refractivity contribution in [1.29, 1.82) is 0 Å². The van der Waals surface area contributed by atoms with Crippen molar-refractivity contribution in [3.63, 3.8) is 0 Å². The van der Waals surface area contributed by atoms with E-state index in [9.17, 15) is 13.2 Å². The molecule has 0 spiro atoms. The molecule has 1 N–H and O–H groups in total. The van der Waals surface area contributed by atoms with Crippen LogP contribution in [0.1, 0.15) is 31.2 Å². The quantitative estimate of drug-likeness (QED) is 0.758. The SMILES string of the molecule is O=C(NCC1(c2ccccc2)CC1)C1CCN(S(=O)(=O)c2ccc(Cl)cc2)CC1. The van der Waals surface area contributed by atoms with E-state index in [-0.39, 0.29) is 22.1 Å². The van der Waals surface area contributed by atoms with Crippen LogP contribution in [0.2, 0.25) is 5.02 Å². The van der Waals surface area contributed by atoms with E-state index in [2.05, 4.69) is 17.4 Å². The third kappa shape index (κ3) is 4.34. The Morgan fingerprint density at radius 2 is 1.66 bits per heavy atom. The minimum Gasteiger partial charge on any atom is -0.355 e. The van der Waals surface area contributed by atoms with Crippen LogP contribution in [0.3, 0.4) is 0 Å². The van der Waals surface area contributed by atoms with Crippen LogP contribution in [-0.2, 0) is 20.2 Å². The van der Waals surface area contributed by atoms with Gasteiger partial charge in [0, 0.05) is 36.0 Å². The van der Waals surface area contributed by atoms with Gasteiger partial charge < -0.3 is 5.32 Å². The molecule has 0 bridgehead atoms. The third-order valence-electron chi connectivity index (χ3n) is 6.12. The van der Waals surface area contributed by atoms with Gasteiger partial charge in [0.1, 0.15) is 0 Å². The molecule has 2 fully saturated rings. The second-order valence-corrected chi connectivity index (χ2v) is 10.4. The number of carbonyl (C=O) groups is 1. The van der Waals surface area contributed by atoms with E-state index in [1.165, 1.54) is 22.0 Å². The first-order valence-electron chi connectivity index (χ1n) is 10.00. The van der Waals surface area contributed by atoms with Crippen molar-refractivity contribution >= 4 is 27.5 Å². The Bertz CT molecular complexity index is 965. The molecule has 0 radical (unpaired) electrons. The highest BCUT2D eigenvalue weighted by atomic mass is 35.5. The standard InChI is InChI=1S/C22H25ClN2O3S/c23-19-6-8-20(9-7-19)29(27,28)25-14-10-17(11-15-25)21(26)24-16-22(12-13-22)18-4-2-1-3-5-18/h1-9,17H,10-16H2,(H,24,26). The lowest BCUT2D eigenvalue weighted by Gasteiger charge is -2.31. The number of benzene rings is 2. The number of amides is 1. The van der Waals surface area contributed by atoms with Crippen molar-refractivity contribution in [2.45, 2.75) is 36.0 Å². The maximum absolute atomic E-state index is 12.8. The molecule has 0 unspecified atom stereocenters. The summed E-state index contributed by atoms with van der Waals surface area (Å²) in [5.41, 5.74) is 1.36. The number of nitrogens with one attached hydrogen (secondary N) is 1. The van der Waals surface area contributed by atoms with Crippen LogP contribution in [-0.4, -0.2) is 38.3 Å². The van der Waals surface area contributed by atoms with Crippen molar-refractivity contribution in [2.75, 3.05) is 19.6 Å². The van der Waals surface area contributed by atoms with Gasteiger partial charge in [0.2, 0.25) is 15.9 Å². The molecule has 7 heteroatoms. The molecule has 2 aliphatic rings. The van der Waals surface area contributed by atoms with E-state index in [1.807, 2.05) is 18.2 Å². The molecule has 29 heavy (non-hydrogen) atoms. The molecule has 1 aliphatic heterocycles. The summed E-state index contributed by atoms with van der Waals surface area (Å²) in [5, 5.41) is 3.63. The summed E-state index contributed by atoms with van der Waals surface area (Å²) in [6.45, 7) is 1.36. The maximum atomic E-state index is 12.8. The molecule has 154 valence electrons. The van der Waals surface area contributed by atoms with E-state index >= 15 is 0 Å². The average Bonchev–Trinajstić information content (AvgIpc) is 3.54. The van der Waals surface area contributed by atoms with Gasteiger partial charge >= 0.3 is 0 Å². The molecule has 4 rings (SSSR count). The van der Waals surface area contributed by atoms with Gasteiger partial charge in [-0.3, -0.25) is 4.79 Å². The van der Waals surface area contributed by atoms with Gasteiger partial charge in [-0.25, -0.2) is 8.42 Å². The fourth-order valence-corrected chi connectivity index (χ4v) is 5.62. The summed E-state index contributed by atoms with van der Waals surface area (Å²) in [6.07, 6.45) is 3.26. The number of sulfonamides is 1. The Hall–Kier alpha value is -1.89. The van der Waals surface area contributed by atoms with Gasteiger partial charge in [0.15, 0.2) is 0 Å². The summed E-state index contributed by atoms with van der Waals surface area (Å²) >= 11 is 5.85. The van der Waals surface area contributed by atoms with Crippen molar-refractivity contribution < 1.29 is 13.2 Å². The van der Waals surface area contributed by atoms with E-state index in [0.29, 0.717) is 37.5 Å². The summed E-state index contributed by atoms with van der Waals surface area (Å²) in [6, 6.07) is 16.5. The number of rotatable bonds is 6. The topological polar surface area (TPSA) is 66.5 Å². The van der Waals surface area contributed by atoms with E-state index in [0.717, 1.165) is 12.8 Å². The first-order valence-corrected chi connectivity index (χ1v) is 11.8. The van der Waals surface area contributed by atoms with Gasteiger partial charge in [-0.05, 0) is 55.5 Å². The smallest absolute Gasteiger partial charge is 0.243 e. The number of hydrogen-bond donors (Lipinski definition) is 1. The zero-order valence-corrected chi connectivity index (χ0v) is 17.8. The predicted molar refractivity (Wildman–Crippen MR) is 113 cm³/mol. The minimum absolute atomic E-state index is 0.0377. The van der Waals surface area contributed by atoms with Crippen LogP contribution >= 0.6 is 11.6 Å². The first kappa shape index (κ1) is 20.4. The molecule has 1 amide bonds. The molecule has 1 aliphatic carbocycles. The van der Waals surface area contributed by atoms with E-state index < -0.39 is 10.0 Å². The van der Waals surface area contributed by atoms with Crippen molar-refractivity contribution in [1.82, 2.24) is 9.62 Å². The minimum atomic E-state index is -3.55. The number of hydrogen-bond acceptors (Lipinski definition) is 3. The highest BCUT2D eigenvalue weighted by molar-refractivity contribution is 7.89. The number of halogens is 1. The Morgan fingerprint density at radius 1 is 1.03 bits per heavy atom. The Morgan fingerprint density at radius 3 is 2.24 bits per heavy atom. The van der Waals surface area contributed by atoms with Crippen LogP contribution in [0.25, 0.3) is 0 Å². The summed E-state index contributed by atoms with van der Waals surface area (Å²) in [4.78, 5) is 12.9. The molecule has 1 saturated carbocycles. The molecule has 2 aromatic rings. The maximum Gasteiger partial charge on any atom is 0.243 e. The number of piperidine rings is 1. The van der Waals surface area contributed by atoms with Gasteiger partial charge in [-0.2, -0.15) is 4.31 Å². The molecule has 5 nitrogen and oxygen atoms in total.